The molecule has 134 valence electrons. The predicted octanol–water partition coefficient (Wildman–Crippen LogP) is 2.50. The monoisotopic (exact) mass is 326 g/mol. The molecule has 0 spiro atoms. The van der Waals surface area contributed by atoms with Crippen molar-refractivity contribution in [3.63, 3.8) is 0 Å². The van der Waals surface area contributed by atoms with Crippen LogP contribution in [0.5, 0.6) is 0 Å². The first kappa shape index (κ1) is 19.9. The van der Waals surface area contributed by atoms with Gasteiger partial charge in [-0.25, -0.2) is 0 Å². The number of nitrogens with one attached hydrogen (secondary N) is 2. The predicted molar refractivity (Wildman–Crippen MR) is 92.0 cm³/mol. The van der Waals surface area contributed by atoms with Gasteiger partial charge in [0.25, 0.3) is 0 Å². The van der Waals surface area contributed by atoms with Crippen LogP contribution in [0.2, 0.25) is 0 Å². The zero-order valence-corrected chi connectivity index (χ0v) is 15.2. The summed E-state index contributed by atoms with van der Waals surface area (Å²) >= 11 is 0. The molecule has 1 aliphatic rings. The quantitative estimate of drug-likeness (QED) is 0.640. The van der Waals surface area contributed by atoms with Crippen molar-refractivity contribution < 1.29 is 14.3 Å². The molecule has 5 heteroatoms. The third kappa shape index (κ3) is 6.50. The van der Waals surface area contributed by atoms with Crippen molar-refractivity contribution in [2.45, 2.75) is 65.3 Å². The Morgan fingerprint density at radius 1 is 1.26 bits per heavy atom. The van der Waals surface area contributed by atoms with Gasteiger partial charge in [0.2, 0.25) is 11.8 Å². The van der Waals surface area contributed by atoms with Crippen LogP contribution in [0.25, 0.3) is 0 Å². The van der Waals surface area contributed by atoms with E-state index in [1.807, 2.05) is 13.8 Å². The van der Waals surface area contributed by atoms with Crippen LogP contribution in [0.1, 0.15) is 59.3 Å². The highest BCUT2D eigenvalue weighted by molar-refractivity contribution is 5.88. The smallest absolute Gasteiger partial charge is 0.242 e. The van der Waals surface area contributed by atoms with Crippen molar-refractivity contribution in [2.75, 3.05) is 20.3 Å². The molecule has 1 rings (SSSR count). The van der Waals surface area contributed by atoms with E-state index in [1.54, 1.807) is 7.11 Å². The molecule has 2 amide bonds. The number of hydrogen-bond acceptors (Lipinski definition) is 3. The lowest BCUT2D eigenvalue weighted by atomic mass is 9.79. The molecule has 0 aliphatic heterocycles. The second-order valence-electron chi connectivity index (χ2n) is 6.88. The molecule has 0 radical (unpaired) electrons. The van der Waals surface area contributed by atoms with Crippen LogP contribution in [0.3, 0.4) is 0 Å². The number of carbonyl (C=O) groups is 2. The summed E-state index contributed by atoms with van der Waals surface area (Å²) in [7, 11) is 1.65. The van der Waals surface area contributed by atoms with Crippen LogP contribution in [-0.4, -0.2) is 38.1 Å². The van der Waals surface area contributed by atoms with Crippen LogP contribution in [-0.2, 0) is 14.3 Å². The molecule has 0 aromatic heterocycles. The fourth-order valence-electron chi connectivity index (χ4n) is 3.21. The molecule has 5 nitrogen and oxygen atoms in total. The summed E-state index contributed by atoms with van der Waals surface area (Å²) < 4.78 is 4.99. The van der Waals surface area contributed by atoms with E-state index in [1.165, 1.54) is 6.42 Å². The minimum absolute atomic E-state index is 0.0505. The third-order valence-electron chi connectivity index (χ3n) is 5.07. The summed E-state index contributed by atoms with van der Waals surface area (Å²) in [5.41, 5.74) is 0. The van der Waals surface area contributed by atoms with Crippen LogP contribution in [0, 0.1) is 17.8 Å². The molecule has 0 unspecified atom stereocenters. The van der Waals surface area contributed by atoms with Gasteiger partial charge in [0.15, 0.2) is 0 Å². The maximum absolute atomic E-state index is 12.6. The van der Waals surface area contributed by atoms with E-state index < -0.39 is 6.04 Å². The highest BCUT2D eigenvalue weighted by Gasteiger charge is 2.32. The van der Waals surface area contributed by atoms with Crippen LogP contribution >= 0.6 is 0 Å². The van der Waals surface area contributed by atoms with Crippen LogP contribution in [0.4, 0.5) is 0 Å². The number of methoxy groups -OCH3 is 1. The van der Waals surface area contributed by atoms with E-state index in [9.17, 15) is 9.59 Å². The summed E-state index contributed by atoms with van der Waals surface area (Å²) in [6.07, 6.45) is 6.00. The number of amides is 2. The fourth-order valence-corrected chi connectivity index (χ4v) is 3.21. The van der Waals surface area contributed by atoms with Gasteiger partial charge in [0.1, 0.15) is 6.04 Å². The van der Waals surface area contributed by atoms with Crippen molar-refractivity contribution in [1.29, 1.82) is 0 Å². The van der Waals surface area contributed by atoms with Gasteiger partial charge in [-0.1, -0.05) is 40.0 Å². The second kappa shape index (κ2) is 10.6. The number of rotatable bonds is 9. The Bertz CT molecular complexity index is 373. The zero-order chi connectivity index (χ0) is 17.2. The third-order valence-corrected chi connectivity index (χ3v) is 5.07. The molecule has 1 saturated carbocycles. The summed E-state index contributed by atoms with van der Waals surface area (Å²) in [6.45, 7) is 7.41. The van der Waals surface area contributed by atoms with Gasteiger partial charge in [-0.2, -0.15) is 0 Å². The average Bonchev–Trinajstić information content (AvgIpc) is 2.55. The van der Waals surface area contributed by atoms with Gasteiger partial charge in [-0.05, 0) is 31.1 Å². The van der Waals surface area contributed by atoms with Crippen molar-refractivity contribution in [2.24, 2.45) is 17.8 Å². The van der Waals surface area contributed by atoms with E-state index in [4.69, 9.17) is 4.74 Å². The zero-order valence-electron chi connectivity index (χ0n) is 15.2. The number of ether oxygens (including phenoxy) is 1. The summed E-state index contributed by atoms with van der Waals surface area (Å²) in [4.78, 5) is 25.0. The number of hydrogen-bond donors (Lipinski definition) is 2. The van der Waals surface area contributed by atoms with Crippen LogP contribution < -0.4 is 10.6 Å². The topological polar surface area (TPSA) is 67.4 Å². The summed E-state index contributed by atoms with van der Waals surface area (Å²) in [5, 5.41) is 5.94. The van der Waals surface area contributed by atoms with Gasteiger partial charge in [-0.15, -0.1) is 0 Å². The largest absolute Gasteiger partial charge is 0.385 e. The minimum Gasteiger partial charge on any atom is -0.385 e. The van der Waals surface area contributed by atoms with Gasteiger partial charge in [-0.3, -0.25) is 9.59 Å². The Morgan fingerprint density at radius 3 is 2.57 bits per heavy atom. The van der Waals surface area contributed by atoms with E-state index in [-0.39, 0.29) is 23.7 Å². The second-order valence-corrected chi connectivity index (χ2v) is 6.88. The molecule has 23 heavy (non-hydrogen) atoms. The van der Waals surface area contributed by atoms with Crippen LogP contribution in [0.15, 0.2) is 0 Å². The average molecular weight is 326 g/mol. The lowest BCUT2D eigenvalue weighted by Crippen LogP contribution is -2.52. The molecule has 2 N–H and O–H groups in total. The molecule has 0 heterocycles. The Kier molecular flexibility index (Phi) is 9.22. The minimum atomic E-state index is -0.441. The van der Waals surface area contributed by atoms with E-state index >= 15 is 0 Å². The molecule has 0 bridgehead atoms. The number of carbonyl (C=O) groups excluding carboxylic acids is 2. The first-order valence-electron chi connectivity index (χ1n) is 9.08. The summed E-state index contributed by atoms with van der Waals surface area (Å²) in [6, 6.07) is -0.441. The fraction of sp³-hybridized carbons (Fsp3) is 0.889. The van der Waals surface area contributed by atoms with Crippen molar-refractivity contribution >= 4 is 11.8 Å². The van der Waals surface area contributed by atoms with Crippen molar-refractivity contribution in [3.8, 4) is 0 Å². The molecule has 0 saturated heterocycles. The maximum atomic E-state index is 12.6. The normalized spacial score (nSPS) is 23.8. The standard InChI is InChI=1S/C18H34N2O3/c1-5-13(2)16(18(22)19-11-8-12-23-4)20-17(21)15-10-7-6-9-14(15)3/h13-16H,5-12H2,1-4H3,(H,19,22)(H,20,21)/t13-,14-,15-,16-/m0/s1. The lowest BCUT2D eigenvalue weighted by Gasteiger charge is -2.31. The molecule has 1 fully saturated rings. The van der Waals surface area contributed by atoms with Crippen molar-refractivity contribution in [3.05, 3.63) is 0 Å². The molecule has 0 aromatic rings. The van der Waals surface area contributed by atoms with E-state index in [0.29, 0.717) is 19.1 Å². The summed E-state index contributed by atoms with van der Waals surface area (Å²) in [5.74, 6) is 0.560. The van der Waals surface area contributed by atoms with Gasteiger partial charge in [0.05, 0.1) is 0 Å². The Labute approximate surface area is 140 Å². The Morgan fingerprint density at radius 2 is 1.96 bits per heavy atom. The van der Waals surface area contributed by atoms with E-state index in [2.05, 4.69) is 17.6 Å². The first-order chi connectivity index (χ1) is 11.0. The van der Waals surface area contributed by atoms with Crippen molar-refractivity contribution in [1.82, 2.24) is 10.6 Å². The van der Waals surface area contributed by atoms with Gasteiger partial charge in [0, 0.05) is 26.2 Å². The molecule has 0 aromatic carbocycles. The Balaban J connectivity index is 2.59. The molecule has 4 atom stereocenters. The molecule has 1 aliphatic carbocycles. The maximum Gasteiger partial charge on any atom is 0.242 e. The highest BCUT2D eigenvalue weighted by atomic mass is 16.5. The lowest BCUT2D eigenvalue weighted by molar-refractivity contribution is -0.133. The Hall–Kier alpha value is -1.10. The van der Waals surface area contributed by atoms with E-state index in [0.717, 1.165) is 32.1 Å². The molecular weight excluding hydrogens is 292 g/mol. The SMILES string of the molecule is CC[C@H](C)[C@H](NC(=O)[C@H]1CCCC[C@@H]1C)C(=O)NCCCOC. The highest BCUT2D eigenvalue weighted by Crippen LogP contribution is 2.29. The first-order valence-corrected chi connectivity index (χ1v) is 9.08. The van der Waals surface area contributed by atoms with Gasteiger partial charge < -0.3 is 15.4 Å². The van der Waals surface area contributed by atoms with Gasteiger partial charge >= 0.3 is 0 Å². The molecular formula is C18H34N2O3.